The molecule has 122 valence electrons. The van der Waals surface area contributed by atoms with Crippen molar-refractivity contribution in [1.82, 2.24) is 4.90 Å². The van der Waals surface area contributed by atoms with Crippen molar-refractivity contribution in [2.45, 2.75) is 25.6 Å². The minimum absolute atomic E-state index is 0.0232. The van der Waals surface area contributed by atoms with Crippen LogP contribution in [-0.4, -0.2) is 41.7 Å². The lowest BCUT2D eigenvalue weighted by molar-refractivity contribution is -0.137. The van der Waals surface area contributed by atoms with E-state index in [4.69, 9.17) is 0 Å². The van der Waals surface area contributed by atoms with E-state index in [1.807, 2.05) is 4.90 Å². The maximum absolute atomic E-state index is 12.9. The SMILES string of the molecule is CC(O)C1CCN(CC(=O)Nc2ccccc2C(F)(F)F)C1. The molecule has 22 heavy (non-hydrogen) atoms. The van der Waals surface area contributed by atoms with Crippen LogP contribution in [0.5, 0.6) is 0 Å². The van der Waals surface area contributed by atoms with Crippen molar-refractivity contribution in [2.75, 3.05) is 25.0 Å². The number of anilines is 1. The standard InChI is InChI=1S/C15H19F3N2O2/c1-10(21)11-6-7-20(8-11)9-14(22)19-13-5-3-2-4-12(13)15(16,17)18/h2-5,10-11,21H,6-9H2,1H3,(H,19,22). The molecular formula is C15H19F3N2O2. The van der Waals surface area contributed by atoms with Crippen LogP contribution in [0.25, 0.3) is 0 Å². The quantitative estimate of drug-likeness (QED) is 0.896. The highest BCUT2D eigenvalue weighted by molar-refractivity contribution is 5.93. The van der Waals surface area contributed by atoms with E-state index in [9.17, 15) is 23.1 Å². The average molecular weight is 316 g/mol. The van der Waals surface area contributed by atoms with Crippen LogP contribution in [0, 0.1) is 5.92 Å². The third-order valence-electron chi connectivity index (χ3n) is 3.86. The molecule has 1 heterocycles. The molecule has 1 saturated heterocycles. The Morgan fingerprint density at radius 1 is 1.45 bits per heavy atom. The summed E-state index contributed by atoms with van der Waals surface area (Å²) in [6.45, 7) is 2.96. The van der Waals surface area contributed by atoms with Gasteiger partial charge in [-0.15, -0.1) is 0 Å². The topological polar surface area (TPSA) is 52.6 Å². The fourth-order valence-corrected chi connectivity index (χ4v) is 2.63. The molecule has 7 heteroatoms. The van der Waals surface area contributed by atoms with E-state index < -0.39 is 23.8 Å². The summed E-state index contributed by atoms with van der Waals surface area (Å²) in [5.74, 6) is -0.377. The largest absolute Gasteiger partial charge is 0.418 e. The molecule has 0 radical (unpaired) electrons. The zero-order valence-corrected chi connectivity index (χ0v) is 12.2. The maximum Gasteiger partial charge on any atom is 0.418 e. The summed E-state index contributed by atoms with van der Waals surface area (Å²) >= 11 is 0. The van der Waals surface area contributed by atoms with Gasteiger partial charge < -0.3 is 10.4 Å². The molecule has 0 saturated carbocycles. The van der Waals surface area contributed by atoms with Crippen molar-refractivity contribution in [3.05, 3.63) is 29.8 Å². The van der Waals surface area contributed by atoms with Gasteiger partial charge in [-0.05, 0) is 37.9 Å². The number of halogens is 3. The molecule has 1 fully saturated rings. The van der Waals surface area contributed by atoms with Gasteiger partial charge in [-0.1, -0.05) is 12.1 Å². The molecule has 1 aromatic carbocycles. The molecule has 1 aliphatic heterocycles. The van der Waals surface area contributed by atoms with Gasteiger partial charge in [0.25, 0.3) is 0 Å². The minimum atomic E-state index is -4.51. The number of amides is 1. The van der Waals surface area contributed by atoms with Crippen molar-refractivity contribution >= 4 is 11.6 Å². The van der Waals surface area contributed by atoms with Crippen LogP contribution >= 0.6 is 0 Å². The summed E-state index contributed by atoms with van der Waals surface area (Å²) in [6, 6.07) is 4.91. The Morgan fingerprint density at radius 2 is 2.14 bits per heavy atom. The smallest absolute Gasteiger partial charge is 0.393 e. The third kappa shape index (κ3) is 4.20. The Bertz CT molecular complexity index is 532. The summed E-state index contributed by atoms with van der Waals surface area (Å²) in [7, 11) is 0. The van der Waals surface area contributed by atoms with Crippen molar-refractivity contribution in [3.63, 3.8) is 0 Å². The number of nitrogens with one attached hydrogen (secondary N) is 1. The zero-order valence-electron chi connectivity index (χ0n) is 12.2. The number of para-hydroxylation sites is 1. The van der Waals surface area contributed by atoms with Crippen LogP contribution in [-0.2, 0) is 11.0 Å². The molecule has 2 N–H and O–H groups in total. The average Bonchev–Trinajstić information content (AvgIpc) is 2.86. The van der Waals surface area contributed by atoms with Crippen LogP contribution in [0.1, 0.15) is 18.9 Å². The van der Waals surface area contributed by atoms with Gasteiger partial charge in [0.15, 0.2) is 0 Å². The van der Waals surface area contributed by atoms with Gasteiger partial charge in [-0.25, -0.2) is 0 Å². The Hall–Kier alpha value is -1.60. The number of alkyl halides is 3. The summed E-state index contributed by atoms with van der Waals surface area (Å²) in [5, 5.41) is 11.8. The fraction of sp³-hybridized carbons (Fsp3) is 0.533. The van der Waals surface area contributed by atoms with Gasteiger partial charge >= 0.3 is 6.18 Å². The number of aliphatic hydroxyl groups excluding tert-OH is 1. The molecule has 0 aromatic heterocycles. The molecule has 0 aliphatic carbocycles. The van der Waals surface area contributed by atoms with Gasteiger partial charge in [0, 0.05) is 6.54 Å². The number of carbonyl (C=O) groups is 1. The molecule has 1 aromatic rings. The molecule has 2 unspecified atom stereocenters. The Balaban J connectivity index is 1.96. The first-order valence-electron chi connectivity index (χ1n) is 7.14. The first-order valence-corrected chi connectivity index (χ1v) is 7.14. The Morgan fingerprint density at radius 3 is 2.73 bits per heavy atom. The molecule has 0 bridgehead atoms. The number of hydrogen-bond donors (Lipinski definition) is 2. The first kappa shape index (κ1) is 16.8. The number of hydrogen-bond acceptors (Lipinski definition) is 3. The second kappa shape index (κ2) is 6.66. The van der Waals surface area contributed by atoms with Crippen LogP contribution in [0.3, 0.4) is 0 Å². The fourth-order valence-electron chi connectivity index (χ4n) is 2.63. The van der Waals surface area contributed by atoms with Crippen molar-refractivity contribution < 1.29 is 23.1 Å². The molecule has 1 aliphatic rings. The van der Waals surface area contributed by atoms with E-state index in [2.05, 4.69) is 5.32 Å². The van der Waals surface area contributed by atoms with E-state index in [1.165, 1.54) is 18.2 Å². The molecule has 4 nitrogen and oxygen atoms in total. The van der Waals surface area contributed by atoms with E-state index in [-0.39, 0.29) is 18.2 Å². The molecule has 0 spiro atoms. The highest BCUT2D eigenvalue weighted by Gasteiger charge is 2.34. The van der Waals surface area contributed by atoms with Crippen molar-refractivity contribution in [1.29, 1.82) is 0 Å². The number of nitrogens with zero attached hydrogens (tertiary/aromatic N) is 1. The van der Waals surface area contributed by atoms with Crippen LogP contribution in [0.2, 0.25) is 0 Å². The number of likely N-dealkylation sites (tertiary alicyclic amines) is 1. The minimum Gasteiger partial charge on any atom is -0.393 e. The molecular weight excluding hydrogens is 297 g/mol. The van der Waals surface area contributed by atoms with E-state index in [0.717, 1.165) is 12.5 Å². The van der Waals surface area contributed by atoms with E-state index >= 15 is 0 Å². The first-order chi connectivity index (χ1) is 10.3. The third-order valence-corrected chi connectivity index (χ3v) is 3.86. The second-order valence-corrected chi connectivity index (χ2v) is 5.62. The second-order valence-electron chi connectivity index (χ2n) is 5.62. The summed E-state index contributed by atoms with van der Waals surface area (Å²) in [5.41, 5.74) is -1.09. The van der Waals surface area contributed by atoms with Crippen LogP contribution < -0.4 is 5.32 Å². The van der Waals surface area contributed by atoms with Crippen molar-refractivity contribution in [3.8, 4) is 0 Å². The zero-order chi connectivity index (χ0) is 16.3. The predicted molar refractivity (Wildman–Crippen MR) is 76.3 cm³/mol. The Kier molecular flexibility index (Phi) is 5.08. The number of aliphatic hydroxyl groups is 1. The highest BCUT2D eigenvalue weighted by Crippen LogP contribution is 2.34. The monoisotopic (exact) mass is 316 g/mol. The maximum atomic E-state index is 12.9. The molecule has 2 atom stereocenters. The van der Waals surface area contributed by atoms with E-state index in [0.29, 0.717) is 13.1 Å². The summed E-state index contributed by atoms with van der Waals surface area (Å²) in [4.78, 5) is 13.8. The van der Waals surface area contributed by atoms with Gasteiger partial charge in [0.05, 0.1) is 23.9 Å². The van der Waals surface area contributed by atoms with Crippen LogP contribution in [0.4, 0.5) is 18.9 Å². The van der Waals surface area contributed by atoms with Crippen molar-refractivity contribution in [2.24, 2.45) is 5.92 Å². The van der Waals surface area contributed by atoms with Gasteiger partial charge in [-0.3, -0.25) is 9.69 Å². The molecule has 1 amide bonds. The van der Waals surface area contributed by atoms with Gasteiger partial charge in [0.1, 0.15) is 0 Å². The normalized spacial score (nSPS) is 20.9. The lowest BCUT2D eigenvalue weighted by atomic mass is 10.0. The van der Waals surface area contributed by atoms with Gasteiger partial charge in [-0.2, -0.15) is 13.2 Å². The lowest BCUT2D eigenvalue weighted by Gasteiger charge is -2.18. The van der Waals surface area contributed by atoms with Gasteiger partial charge in [0.2, 0.25) is 5.91 Å². The number of carbonyl (C=O) groups excluding carboxylic acids is 1. The number of benzene rings is 1. The number of rotatable bonds is 4. The predicted octanol–water partition coefficient (Wildman–Crippen LogP) is 2.35. The molecule has 2 rings (SSSR count). The summed E-state index contributed by atoms with van der Waals surface area (Å²) in [6.07, 6.45) is -4.17. The van der Waals surface area contributed by atoms with E-state index in [1.54, 1.807) is 6.92 Å². The van der Waals surface area contributed by atoms with Crippen LogP contribution in [0.15, 0.2) is 24.3 Å². The highest BCUT2D eigenvalue weighted by atomic mass is 19.4. The Labute approximate surface area is 126 Å². The summed E-state index contributed by atoms with van der Waals surface area (Å²) < 4.78 is 38.6. The lowest BCUT2D eigenvalue weighted by Crippen LogP contribution is -2.33.